The molecule has 4 rings (SSSR count). The van der Waals surface area contributed by atoms with Crippen LogP contribution in [-0.2, 0) is 4.74 Å². The van der Waals surface area contributed by atoms with Crippen LogP contribution >= 0.6 is 0 Å². The van der Waals surface area contributed by atoms with Crippen molar-refractivity contribution < 1.29 is 23.5 Å². The van der Waals surface area contributed by atoms with E-state index in [1.807, 2.05) is 30.3 Å². The number of benzene rings is 2. The van der Waals surface area contributed by atoms with E-state index in [9.17, 15) is 9.59 Å². The maximum Gasteiger partial charge on any atom is 0.340 e. The highest BCUT2D eigenvalue weighted by Crippen LogP contribution is 2.36. The number of fused-ring (bicyclic) bond motifs is 3. The Morgan fingerprint density at radius 2 is 1.87 bits per heavy atom. The van der Waals surface area contributed by atoms with E-state index < -0.39 is 5.97 Å². The SMILES string of the molecule is CCOC(=O)c1c(C)[nH]c(C(=O)Nc2cc3oc4ccccc4c3cc2OC)c1C. The molecule has 154 valence electrons. The van der Waals surface area contributed by atoms with Crippen molar-refractivity contribution in [3.63, 3.8) is 0 Å². The van der Waals surface area contributed by atoms with Crippen LogP contribution in [-0.4, -0.2) is 30.6 Å². The molecule has 30 heavy (non-hydrogen) atoms. The van der Waals surface area contributed by atoms with E-state index in [1.54, 1.807) is 33.9 Å². The molecule has 7 nitrogen and oxygen atoms in total. The highest BCUT2D eigenvalue weighted by molar-refractivity contribution is 6.10. The number of nitrogens with one attached hydrogen (secondary N) is 2. The molecular formula is C23H22N2O5. The summed E-state index contributed by atoms with van der Waals surface area (Å²) in [5.74, 6) is -0.335. The summed E-state index contributed by atoms with van der Waals surface area (Å²) in [6.45, 7) is 5.45. The molecule has 0 saturated heterocycles. The predicted molar refractivity (Wildman–Crippen MR) is 114 cm³/mol. The molecule has 4 aromatic rings. The number of carbonyl (C=O) groups is 2. The van der Waals surface area contributed by atoms with Crippen molar-refractivity contribution in [1.29, 1.82) is 0 Å². The summed E-state index contributed by atoms with van der Waals surface area (Å²) in [4.78, 5) is 28.2. The monoisotopic (exact) mass is 406 g/mol. The first kappa shape index (κ1) is 19.6. The lowest BCUT2D eigenvalue weighted by molar-refractivity contribution is 0.0525. The van der Waals surface area contributed by atoms with Gasteiger partial charge in [0.1, 0.15) is 22.6 Å². The normalized spacial score (nSPS) is 11.1. The minimum atomic E-state index is -0.455. The molecule has 1 amide bonds. The van der Waals surface area contributed by atoms with E-state index in [2.05, 4.69) is 10.3 Å². The second kappa shape index (κ2) is 7.59. The highest BCUT2D eigenvalue weighted by atomic mass is 16.5. The van der Waals surface area contributed by atoms with Gasteiger partial charge in [0.2, 0.25) is 0 Å². The number of amides is 1. The molecule has 0 fully saturated rings. The summed E-state index contributed by atoms with van der Waals surface area (Å²) < 4.78 is 16.5. The first-order valence-electron chi connectivity index (χ1n) is 9.61. The number of aromatic nitrogens is 1. The van der Waals surface area contributed by atoms with E-state index >= 15 is 0 Å². The standard InChI is InChI=1S/C23H22N2O5/c1-5-29-23(27)20-12(2)21(24-13(20)3)22(26)25-16-11-18-15(10-19(16)28-4)14-8-6-7-9-17(14)30-18/h6-11,24H,5H2,1-4H3,(H,25,26). The van der Waals surface area contributed by atoms with E-state index in [0.717, 1.165) is 16.4 Å². The smallest absolute Gasteiger partial charge is 0.340 e. The Kier molecular flexibility index (Phi) is 4.95. The van der Waals surface area contributed by atoms with E-state index in [1.165, 1.54) is 0 Å². The van der Waals surface area contributed by atoms with Crippen LogP contribution in [0.3, 0.4) is 0 Å². The van der Waals surface area contributed by atoms with Gasteiger partial charge in [0, 0.05) is 22.5 Å². The number of methoxy groups -OCH3 is 1. The topological polar surface area (TPSA) is 93.6 Å². The molecule has 2 aromatic heterocycles. The number of aryl methyl sites for hydroxylation is 1. The van der Waals surface area contributed by atoms with Crippen LogP contribution in [0.25, 0.3) is 21.9 Å². The summed E-state index contributed by atoms with van der Waals surface area (Å²) >= 11 is 0. The quantitative estimate of drug-likeness (QED) is 0.457. The van der Waals surface area contributed by atoms with Crippen molar-refractivity contribution in [2.75, 3.05) is 19.0 Å². The number of H-pyrrole nitrogens is 1. The molecule has 2 aromatic carbocycles. The Hall–Kier alpha value is -3.74. The first-order valence-corrected chi connectivity index (χ1v) is 9.61. The fourth-order valence-corrected chi connectivity index (χ4v) is 3.69. The molecule has 7 heteroatoms. The van der Waals surface area contributed by atoms with Gasteiger partial charge in [-0.2, -0.15) is 0 Å². The molecule has 0 saturated carbocycles. The van der Waals surface area contributed by atoms with Crippen LogP contribution in [0.2, 0.25) is 0 Å². The Morgan fingerprint density at radius 1 is 1.10 bits per heavy atom. The van der Waals surface area contributed by atoms with Crippen molar-refractivity contribution in [3.8, 4) is 5.75 Å². The highest BCUT2D eigenvalue weighted by Gasteiger charge is 2.24. The van der Waals surface area contributed by atoms with Gasteiger partial charge in [-0.05, 0) is 38.5 Å². The summed E-state index contributed by atoms with van der Waals surface area (Å²) in [5, 5.41) is 4.73. The van der Waals surface area contributed by atoms with Gasteiger partial charge < -0.3 is 24.2 Å². The van der Waals surface area contributed by atoms with Crippen LogP contribution < -0.4 is 10.1 Å². The molecule has 0 aliphatic heterocycles. The van der Waals surface area contributed by atoms with Crippen molar-refractivity contribution >= 4 is 39.5 Å². The lowest BCUT2D eigenvalue weighted by Gasteiger charge is -2.10. The van der Waals surface area contributed by atoms with Gasteiger partial charge in [-0.1, -0.05) is 18.2 Å². The number of esters is 1. The fourth-order valence-electron chi connectivity index (χ4n) is 3.69. The van der Waals surface area contributed by atoms with Gasteiger partial charge in [0.05, 0.1) is 25.0 Å². The number of rotatable bonds is 5. The fraction of sp³-hybridized carbons (Fsp3) is 0.217. The second-order valence-corrected chi connectivity index (χ2v) is 6.95. The molecule has 0 bridgehead atoms. The third kappa shape index (κ3) is 3.18. The van der Waals surface area contributed by atoms with Gasteiger partial charge in [0.15, 0.2) is 0 Å². The summed E-state index contributed by atoms with van der Waals surface area (Å²) in [6.07, 6.45) is 0. The van der Waals surface area contributed by atoms with Crippen LogP contribution in [0.15, 0.2) is 40.8 Å². The number of hydrogen-bond donors (Lipinski definition) is 2. The van der Waals surface area contributed by atoms with Gasteiger partial charge in [-0.25, -0.2) is 4.79 Å². The molecule has 0 radical (unpaired) electrons. The number of furan rings is 1. The van der Waals surface area contributed by atoms with Gasteiger partial charge in [-0.3, -0.25) is 4.79 Å². The third-order valence-electron chi connectivity index (χ3n) is 5.09. The molecular weight excluding hydrogens is 384 g/mol. The maximum absolute atomic E-state index is 13.0. The summed E-state index contributed by atoms with van der Waals surface area (Å²) in [5.41, 5.74) is 3.65. The third-order valence-corrected chi connectivity index (χ3v) is 5.09. The molecule has 0 aliphatic carbocycles. The Bertz CT molecular complexity index is 1280. The average molecular weight is 406 g/mol. The van der Waals surface area contributed by atoms with Gasteiger partial charge >= 0.3 is 5.97 Å². The summed E-state index contributed by atoms with van der Waals surface area (Å²) in [6, 6.07) is 11.3. The lowest BCUT2D eigenvalue weighted by atomic mass is 10.1. The average Bonchev–Trinajstić information content (AvgIpc) is 3.23. The Labute approximate surface area is 173 Å². The van der Waals surface area contributed by atoms with E-state index in [0.29, 0.717) is 39.5 Å². The number of aromatic amines is 1. The number of ether oxygens (including phenoxy) is 2. The maximum atomic E-state index is 13.0. The second-order valence-electron chi connectivity index (χ2n) is 6.95. The van der Waals surface area contributed by atoms with E-state index in [-0.39, 0.29) is 12.5 Å². The van der Waals surface area contributed by atoms with Gasteiger partial charge in [0.25, 0.3) is 5.91 Å². The zero-order chi connectivity index (χ0) is 21.4. The number of anilines is 1. The zero-order valence-electron chi connectivity index (χ0n) is 17.2. The van der Waals surface area contributed by atoms with Crippen molar-refractivity contribution in [2.45, 2.75) is 20.8 Å². The van der Waals surface area contributed by atoms with Crippen LogP contribution in [0.1, 0.15) is 39.0 Å². The number of hydrogen-bond acceptors (Lipinski definition) is 5. The lowest BCUT2D eigenvalue weighted by Crippen LogP contribution is -2.15. The minimum absolute atomic E-state index is 0.263. The van der Waals surface area contributed by atoms with Crippen LogP contribution in [0.5, 0.6) is 5.75 Å². The van der Waals surface area contributed by atoms with E-state index in [4.69, 9.17) is 13.9 Å². The summed E-state index contributed by atoms with van der Waals surface area (Å²) in [7, 11) is 1.54. The molecule has 0 spiro atoms. The first-order chi connectivity index (χ1) is 14.4. The molecule has 0 atom stereocenters. The van der Waals surface area contributed by atoms with Crippen molar-refractivity contribution in [1.82, 2.24) is 4.98 Å². The molecule has 2 heterocycles. The molecule has 2 N–H and O–H groups in total. The largest absolute Gasteiger partial charge is 0.495 e. The van der Waals surface area contributed by atoms with Gasteiger partial charge in [-0.15, -0.1) is 0 Å². The predicted octanol–water partition coefficient (Wildman–Crippen LogP) is 4.97. The zero-order valence-corrected chi connectivity index (χ0v) is 17.2. The number of carbonyl (C=O) groups excluding carboxylic acids is 2. The van der Waals surface area contributed by atoms with Crippen molar-refractivity contribution in [3.05, 3.63) is 58.9 Å². The van der Waals surface area contributed by atoms with Crippen molar-refractivity contribution in [2.24, 2.45) is 0 Å². The minimum Gasteiger partial charge on any atom is -0.495 e. The molecule has 0 aliphatic rings. The Balaban J connectivity index is 1.72. The van der Waals surface area contributed by atoms with Crippen LogP contribution in [0, 0.1) is 13.8 Å². The number of para-hydroxylation sites is 1. The van der Waals surface area contributed by atoms with Crippen LogP contribution in [0.4, 0.5) is 5.69 Å². The Morgan fingerprint density at radius 3 is 2.60 bits per heavy atom. The molecule has 0 unspecified atom stereocenters.